The minimum Gasteiger partial charge on any atom is -0.309 e. The molecule has 0 aliphatic heterocycles. The zero-order valence-electron chi connectivity index (χ0n) is 10.2. The molecule has 0 amide bonds. The van der Waals surface area contributed by atoms with Crippen LogP contribution >= 0.6 is 34.5 Å². The van der Waals surface area contributed by atoms with Gasteiger partial charge in [-0.25, -0.2) is 0 Å². The van der Waals surface area contributed by atoms with Crippen LogP contribution in [0, 0.1) is 5.41 Å². The molecule has 1 nitrogen and oxygen atoms in total. The molecule has 1 rings (SSSR count). The quantitative estimate of drug-likeness (QED) is 0.805. The van der Waals surface area contributed by atoms with E-state index in [-0.39, 0.29) is 11.5 Å². The van der Waals surface area contributed by atoms with Gasteiger partial charge in [-0.15, -0.1) is 11.3 Å². The van der Waals surface area contributed by atoms with Crippen molar-refractivity contribution in [3.8, 4) is 0 Å². The number of thiophene rings is 1. The first-order valence-corrected chi connectivity index (χ1v) is 7.11. The molecule has 0 aromatic carbocycles. The van der Waals surface area contributed by atoms with Crippen molar-refractivity contribution >= 4 is 34.5 Å². The molecule has 1 aromatic heterocycles. The van der Waals surface area contributed by atoms with Crippen LogP contribution in [0.15, 0.2) is 6.07 Å². The minimum absolute atomic E-state index is 0.128. The van der Waals surface area contributed by atoms with Gasteiger partial charge in [0.1, 0.15) is 0 Å². The van der Waals surface area contributed by atoms with E-state index in [1.54, 1.807) is 0 Å². The van der Waals surface area contributed by atoms with E-state index in [0.717, 1.165) is 27.2 Å². The number of halogens is 2. The summed E-state index contributed by atoms with van der Waals surface area (Å²) in [6.45, 7) is 9.79. The van der Waals surface area contributed by atoms with E-state index in [1.807, 2.05) is 6.07 Å². The van der Waals surface area contributed by atoms with Crippen LogP contribution < -0.4 is 5.32 Å². The molecule has 1 atom stereocenters. The molecule has 0 spiro atoms. The smallest absolute Gasteiger partial charge is 0.0992 e. The fourth-order valence-corrected chi connectivity index (χ4v) is 3.25. The van der Waals surface area contributed by atoms with Gasteiger partial charge in [0.2, 0.25) is 0 Å². The van der Waals surface area contributed by atoms with Crippen molar-refractivity contribution in [1.29, 1.82) is 0 Å². The van der Waals surface area contributed by atoms with Crippen molar-refractivity contribution in [3.05, 3.63) is 20.3 Å². The molecule has 0 aliphatic rings. The van der Waals surface area contributed by atoms with Crippen molar-refractivity contribution in [2.24, 2.45) is 5.41 Å². The Balaban J connectivity index is 2.96. The molecule has 1 unspecified atom stereocenters. The summed E-state index contributed by atoms with van der Waals surface area (Å²) >= 11 is 13.7. The highest BCUT2D eigenvalue weighted by Crippen LogP contribution is 2.41. The van der Waals surface area contributed by atoms with E-state index in [2.05, 4.69) is 33.0 Å². The van der Waals surface area contributed by atoms with Crippen molar-refractivity contribution in [3.63, 3.8) is 0 Å². The lowest BCUT2D eigenvalue weighted by molar-refractivity contribution is 0.274. The summed E-state index contributed by atoms with van der Waals surface area (Å²) in [5, 5.41) is 3.54. The summed E-state index contributed by atoms with van der Waals surface area (Å²) in [4.78, 5) is 0. The summed E-state index contributed by atoms with van der Waals surface area (Å²) < 4.78 is 1.56. The Hall–Kier alpha value is 0.240. The van der Waals surface area contributed by atoms with Crippen LogP contribution in [-0.4, -0.2) is 6.54 Å². The second-order valence-corrected chi connectivity index (χ2v) is 7.32. The topological polar surface area (TPSA) is 12.0 Å². The summed E-state index contributed by atoms with van der Waals surface area (Å²) in [6.07, 6.45) is 1.11. The highest BCUT2D eigenvalue weighted by atomic mass is 35.5. The molecule has 0 saturated heterocycles. The van der Waals surface area contributed by atoms with Gasteiger partial charge >= 0.3 is 0 Å². The van der Waals surface area contributed by atoms with Crippen LogP contribution in [0.5, 0.6) is 0 Å². The Morgan fingerprint density at radius 3 is 2.38 bits per heavy atom. The van der Waals surface area contributed by atoms with Gasteiger partial charge in [-0.05, 0) is 24.4 Å². The summed E-state index contributed by atoms with van der Waals surface area (Å²) in [5.74, 6) is 0. The molecular formula is C12H19Cl2NS. The van der Waals surface area contributed by atoms with Gasteiger partial charge in [0.25, 0.3) is 0 Å². The predicted octanol–water partition coefficient (Wildman–Crippen LogP) is 5.14. The van der Waals surface area contributed by atoms with E-state index < -0.39 is 0 Å². The number of hydrogen-bond donors (Lipinski definition) is 1. The first-order chi connectivity index (χ1) is 7.36. The summed E-state index contributed by atoms with van der Waals surface area (Å²) in [7, 11) is 0. The number of hydrogen-bond acceptors (Lipinski definition) is 2. The lowest BCUT2D eigenvalue weighted by atomic mass is 9.83. The van der Waals surface area contributed by atoms with Gasteiger partial charge < -0.3 is 5.32 Å². The molecule has 16 heavy (non-hydrogen) atoms. The first kappa shape index (κ1) is 14.3. The molecule has 1 aromatic rings. The molecule has 0 aliphatic carbocycles. The monoisotopic (exact) mass is 279 g/mol. The standard InChI is InChI=1S/C12H19Cl2NS/c1-5-6-15-10(12(2,3)4)8-7-9(13)16-11(8)14/h7,10,15H,5-6H2,1-4H3. The number of nitrogens with one attached hydrogen (secondary N) is 1. The van der Waals surface area contributed by atoms with Gasteiger partial charge in [0.15, 0.2) is 0 Å². The van der Waals surface area contributed by atoms with E-state index in [4.69, 9.17) is 23.2 Å². The maximum atomic E-state index is 6.22. The third-order valence-corrected chi connectivity index (χ3v) is 3.98. The Morgan fingerprint density at radius 1 is 1.38 bits per heavy atom. The molecule has 1 N–H and O–H groups in total. The first-order valence-electron chi connectivity index (χ1n) is 5.54. The Bertz CT molecular complexity index is 341. The van der Waals surface area contributed by atoms with Crippen LogP contribution in [0.2, 0.25) is 8.67 Å². The largest absolute Gasteiger partial charge is 0.309 e. The Morgan fingerprint density at radius 2 is 2.00 bits per heavy atom. The summed E-state index contributed by atoms with van der Waals surface area (Å²) in [6, 6.07) is 2.23. The van der Waals surface area contributed by atoms with Gasteiger partial charge in [0.05, 0.1) is 8.67 Å². The Kier molecular flexibility index (Phi) is 5.11. The zero-order chi connectivity index (χ0) is 12.3. The third kappa shape index (κ3) is 3.63. The average molecular weight is 280 g/mol. The van der Waals surface area contributed by atoms with E-state index in [0.29, 0.717) is 0 Å². The molecule has 0 bridgehead atoms. The van der Waals surface area contributed by atoms with Gasteiger partial charge in [-0.2, -0.15) is 0 Å². The van der Waals surface area contributed by atoms with Crippen LogP contribution in [0.4, 0.5) is 0 Å². The Labute approximate surface area is 112 Å². The van der Waals surface area contributed by atoms with Crippen LogP contribution in [-0.2, 0) is 0 Å². The van der Waals surface area contributed by atoms with Crippen molar-refractivity contribution in [1.82, 2.24) is 5.32 Å². The van der Waals surface area contributed by atoms with Crippen molar-refractivity contribution in [2.75, 3.05) is 6.54 Å². The van der Waals surface area contributed by atoms with Crippen LogP contribution in [0.1, 0.15) is 45.7 Å². The second kappa shape index (κ2) is 5.72. The third-order valence-electron chi connectivity index (χ3n) is 2.46. The maximum absolute atomic E-state index is 6.22. The molecule has 4 heteroatoms. The molecular weight excluding hydrogens is 261 g/mol. The number of rotatable bonds is 4. The van der Waals surface area contributed by atoms with Crippen molar-refractivity contribution < 1.29 is 0 Å². The minimum atomic E-state index is 0.128. The van der Waals surface area contributed by atoms with E-state index >= 15 is 0 Å². The van der Waals surface area contributed by atoms with Gasteiger partial charge in [0, 0.05) is 11.6 Å². The van der Waals surface area contributed by atoms with Crippen molar-refractivity contribution in [2.45, 2.75) is 40.2 Å². The second-order valence-electron chi connectivity index (χ2n) is 5.03. The van der Waals surface area contributed by atoms with Gasteiger partial charge in [-0.1, -0.05) is 50.9 Å². The average Bonchev–Trinajstić information content (AvgIpc) is 2.44. The van der Waals surface area contributed by atoms with E-state index in [9.17, 15) is 0 Å². The molecule has 1 heterocycles. The molecule has 0 fully saturated rings. The summed E-state index contributed by atoms with van der Waals surface area (Å²) in [5.41, 5.74) is 1.25. The van der Waals surface area contributed by atoms with Crippen LogP contribution in [0.3, 0.4) is 0 Å². The van der Waals surface area contributed by atoms with Crippen LogP contribution in [0.25, 0.3) is 0 Å². The molecule has 0 saturated carbocycles. The van der Waals surface area contributed by atoms with E-state index in [1.165, 1.54) is 11.3 Å². The lowest BCUT2D eigenvalue weighted by Gasteiger charge is -2.31. The normalized spacial score (nSPS) is 14.1. The molecule has 0 radical (unpaired) electrons. The highest BCUT2D eigenvalue weighted by molar-refractivity contribution is 7.20. The maximum Gasteiger partial charge on any atom is 0.0992 e. The predicted molar refractivity (Wildman–Crippen MR) is 74.8 cm³/mol. The van der Waals surface area contributed by atoms with Gasteiger partial charge in [-0.3, -0.25) is 0 Å². The zero-order valence-corrected chi connectivity index (χ0v) is 12.6. The SMILES string of the molecule is CCCNC(c1cc(Cl)sc1Cl)C(C)(C)C. The molecule has 92 valence electrons. The lowest BCUT2D eigenvalue weighted by Crippen LogP contribution is -2.32. The highest BCUT2D eigenvalue weighted by Gasteiger charge is 2.28. The fraction of sp³-hybridized carbons (Fsp3) is 0.667. The fourth-order valence-electron chi connectivity index (χ4n) is 1.72.